The molecule has 1 aromatic carbocycles. The van der Waals surface area contributed by atoms with Gasteiger partial charge in [-0.1, -0.05) is 0 Å². The zero-order chi connectivity index (χ0) is 14.5. The fourth-order valence-electron chi connectivity index (χ4n) is 1.44. The van der Waals surface area contributed by atoms with Gasteiger partial charge in [0.25, 0.3) is 0 Å². The van der Waals surface area contributed by atoms with Crippen molar-refractivity contribution < 1.29 is 17.5 Å². The lowest BCUT2D eigenvalue weighted by Gasteiger charge is -2.13. The molecule has 0 amide bonds. The summed E-state index contributed by atoms with van der Waals surface area (Å²) in [7, 11) is -2.23. The molecule has 0 aliphatic rings. The molecule has 0 radical (unpaired) electrons. The van der Waals surface area contributed by atoms with Crippen molar-refractivity contribution in [3.05, 3.63) is 29.6 Å². The Bertz CT molecular complexity index is 581. The van der Waals surface area contributed by atoms with E-state index in [1.807, 2.05) is 0 Å². The Morgan fingerprint density at radius 1 is 1.53 bits per heavy atom. The average molecular weight is 286 g/mol. The fraction of sp³-hybridized carbons (Fsp3) is 0.417. The second-order valence-corrected chi connectivity index (χ2v) is 5.77. The van der Waals surface area contributed by atoms with Crippen LogP contribution < -0.4 is 4.72 Å². The zero-order valence-electron chi connectivity index (χ0n) is 10.7. The van der Waals surface area contributed by atoms with E-state index in [1.54, 1.807) is 13.0 Å². The molecule has 0 aromatic heterocycles. The number of hydrogen-bond acceptors (Lipinski definition) is 4. The van der Waals surface area contributed by atoms with Crippen molar-refractivity contribution in [3.8, 4) is 6.07 Å². The maximum absolute atomic E-state index is 13.1. The first-order chi connectivity index (χ1) is 8.90. The molecule has 0 fully saturated rings. The molecule has 0 aliphatic carbocycles. The minimum Gasteiger partial charge on any atom is -0.385 e. The molecule has 5 nitrogen and oxygen atoms in total. The Labute approximate surface area is 112 Å². The third-order valence-electron chi connectivity index (χ3n) is 2.48. The van der Waals surface area contributed by atoms with Gasteiger partial charge in [0.1, 0.15) is 11.9 Å². The van der Waals surface area contributed by atoms with Gasteiger partial charge >= 0.3 is 0 Å². The van der Waals surface area contributed by atoms with E-state index in [9.17, 15) is 12.8 Å². The lowest BCUT2D eigenvalue weighted by molar-refractivity contribution is 0.188. The van der Waals surface area contributed by atoms with Crippen molar-refractivity contribution in [2.75, 3.05) is 13.7 Å². The van der Waals surface area contributed by atoms with Crippen LogP contribution in [0.1, 0.15) is 18.9 Å². The zero-order valence-corrected chi connectivity index (χ0v) is 11.5. The van der Waals surface area contributed by atoms with Gasteiger partial charge in [-0.15, -0.1) is 0 Å². The number of benzene rings is 1. The van der Waals surface area contributed by atoms with Gasteiger partial charge in [-0.3, -0.25) is 0 Å². The number of nitriles is 1. The van der Waals surface area contributed by atoms with Crippen LogP contribution in [0.15, 0.2) is 23.1 Å². The summed E-state index contributed by atoms with van der Waals surface area (Å²) in [6, 6.07) is 4.40. The molecule has 0 saturated heterocycles. The van der Waals surface area contributed by atoms with Gasteiger partial charge in [0, 0.05) is 19.8 Å². The Balaban J connectivity index is 2.92. The third kappa shape index (κ3) is 4.28. The summed E-state index contributed by atoms with van der Waals surface area (Å²) in [6.07, 6.45) is 0.516. The minimum absolute atomic E-state index is 0.130. The highest BCUT2D eigenvalue weighted by Gasteiger charge is 2.18. The normalized spacial score (nSPS) is 12.9. The monoisotopic (exact) mass is 286 g/mol. The van der Waals surface area contributed by atoms with Crippen LogP contribution in [0.4, 0.5) is 4.39 Å². The Kier molecular flexibility index (Phi) is 5.42. The van der Waals surface area contributed by atoms with E-state index in [1.165, 1.54) is 7.11 Å². The lowest BCUT2D eigenvalue weighted by atomic mass is 10.2. The summed E-state index contributed by atoms with van der Waals surface area (Å²) >= 11 is 0. The molecule has 1 atom stereocenters. The number of nitrogens with one attached hydrogen (secondary N) is 1. The SMILES string of the molecule is COCCC(C)NS(=O)(=O)c1ccc(F)c(C#N)c1. The maximum Gasteiger partial charge on any atom is 0.240 e. The van der Waals surface area contributed by atoms with E-state index in [0.29, 0.717) is 13.0 Å². The van der Waals surface area contributed by atoms with Crippen molar-refractivity contribution in [2.24, 2.45) is 0 Å². The van der Waals surface area contributed by atoms with Crippen LogP contribution in [0, 0.1) is 17.1 Å². The van der Waals surface area contributed by atoms with Crippen LogP contribution in [0.25, 0.3) is 0 Å². The Morgan fingerprint density at radius 3 is 2.79 bits per heavy atom. The molecule has 0 spiro atoms. The van der Waals surface area contributed by atoms with Crippen molar-refractivity contribution >= 4 is 10.0 Å². The highest BCUT2D eigenvalue weighted by Crippen LogP contribution is 2.15. The van der Waals surface area contributed by atoms with Gasteiger partial charge < -0.3 is 4.74 Å². The first kappa shape index (κ1) is 15.6. The number of ether oxygens (including phenoxy) is 1. The Hall–Kier alpha value is -1.49. The van der Waals surface area contributed by atoms with Crippen molar-refractivity contribution in [1.82, 2.24) is 4.72 Å². The molecule has 1 aromatic rings. The van der Waals surface area contributed by atoms with E-state index in [0.717, 1.165) is 18.2 Å². The molecule has 0 heterocycles. The van der Waals surface area contributed by atoms with Crippen LogP contribution in [0.2, 0.25) is 0 Å². The minimum atomic E-state index is -3.76. The van der Waals surface area contributed by atoms with E-state index >= 15 is 0 Å². The average Bonchev–Trinajstić information content (AvgIpc) is 2.36. The smallest absolute Gasteiger partial charge is 0.240 e. The van der Waals surface area contributed by atoms with Crippen LogP contribution in [0.3, 0.4) is 0 Å². The van der Waals surface area contributed by atoms with Gasteiger partial charge in [-0.25, -0.2) is 17.5 Å². The van der Waals surface area contributed by atoms with E-state index in [-0.39, 0.29) is 16.5 Å². The van der Waals surface area contributed by atoms with Gasteiger partial charge in [0.05, 0.1) is 10.5 Å². The maximum atomic E-state index is 13.1. The van der Waals surface area contributed by atoms with Crippen molar-refractivity contribution in [1.29, 1.82) is 5.26 Å². The van der Waals surface area contributed by atoms with E-state index < -0.39 is 15.8 Å². The third-order valence-corrected chi connectivity index (χ3v) is 4.07. The molecule has 0 aliphatic heterocycles. The molecular weight excluding hydrogens is 271 g/mol. The molecule has 1 N–H and O–H groups in total. The number of sulfonamides is 1. The predicted octanol–water partition coefficient (Wildman–Crippen LogP) is 1.40. The summed E-state index contributed by atoms with van der Waals surface area (Å²) in [4.78, 5) is -0.130. The lowest BCUT2D eigenvalue weighted by Crippen LogP contribution is -2.33. The van der Waals surface area contributed by atoms with Crippen LogP contribution in [-0.4, -0.2) is 28.2 Å². The summed E-state index contributed by atoms with van der Waals surface area (Å²) in [5.74, 6) is -0.742. The number of halogens is 1. The van der Waals surface area contributed by atoms with Gasteiger partial charge in [-0.2, -0.15) is 5.26 Å². The molecular formula is C12H15FN2O3S. The summed E-state index contributed by atoms with van der Waals surface area (Å²) < 4.78 is 44.4. The standard InChI is InChI=1S/C12H15FN2O3S/c1-9(5-6-18-2)15-19(16,17)11-3-4-12(13)10(7-11)8-14/h3-4,7,9,15H,5-6H2,1-2H3. The highest BCUT2D eigenvalue weighted by molar-refractivity contribution is 7.89. The number of rotatable bonds is 6. The first-order valence-corrected chi connectivity index (χ1v) is 7.10. The largest absolute Gasteiger partial charge is 0.385 e. The second kappa shape index (κ2) is 6.61. The fourth-order valence-corrected chi connectivity index (χ4v) is 2.75. The molecule has 19 heavy (non-hydrogen) atoms. The van der Waals surface area contributed by atoms with Gasteiger partial charge in [0.15, 0.2) is 0 Å². The second-order valence-electron chi connectivity index (χ2n) is 4.06. The van der Waals surface area contributed by atoms with Crippen LogP contribution in [-0.2, 0) is 14.8 Å². The molecule has 7 heteroatoms. The molecule has 1 rings (SSSR count). The van der Waals surface area contributed by atoms with Crippen molar-refractivity contribution in [2.45, 2.75) is 24.3 Å². The Morgan fingerprint density at radius 2 is 2.21 bits per heavy atom. The summed E-state index contributed by atoms with van der Waals surface area (Å²) in [6.45, 7) is 2.13. The van der Waals surface area contributed by atoms with E-state index in [2.05, 4.69) is 4.72 Å². The predicted molar refractivity (Wildman–Crippen MR) is 67.4 cm³/mol. The van der Waals surface area contributed by atoms with Gasteiger partial charge in [0.2, 0.25) is 10.0 Å². The number of methoxy groups -OCH3 is 1. The van der Waals surface area contributed by atoms with Crippen molar-refractivity contribution in [3.63, 3.8) is 0 Å². The molecule has 0 saturated carbocycles. The van der Waals surface area contributed by atoms with Gasteiger partial charge in [-0.05, 0) is 31.5 Å². The number of nitrogens with zero attached hydrogens (tertiary/aromatic N) is 1. The van der Waals surface area contributed by atoms with E-state index in [4.69, 9.17) is 10.00 Å². The molecule has 0 bridgehead atoms. The summed E-state index contributed by atoms with van der Waals surface area (Å²) in [5, 5.41) is 8.68. The van der Waals surface area contributed by atoms with Crippen LogP contribution >= 0.6 is 0 Å². The topological polar surface area (TPSA) is 79.2 Å². The molecule has 104 valence electrons. The molecule has 1 unspecified atom stereocenters. The highest BCUT2D eigenvalue weighted by atomic mass is 32.2. The summed E-state index contributed by atoms with van der Waals surface area (Å²) in [5.41, 5.74) is -0.299. The quantitative estimate of drug-likeness (QED) is 0.857. The van der Waals surface area contributed by atoms with Crippen LogP contribution in [0.5, 0.6) is 0 Å². The first-order valence-electron chi connectivity index (χ1n) is 5.61. The number of hydrogen-bond donors (Lipinski definition) is 1.